The molecule has 0 fully saturated rings. The average Bonchev–Trinajstić information content (AvgIpc) is 3.30. The summed E-state index contributed by atoms with van der Waals surface area (Å²) < 4.78 is 5.78. The number of carbonyl (C=O) groups is 1. The van der Waals surface area contributed by atoms with Crippen molar-refractivity contribution in [1.82, 2.24) is 4.98 Å². The Morgan fingerprint density at radius 1 is 1.03 bits per heavy atom. The van der Waals surface area contributed by atoms with Crippen LogP contribution in [0.4, 0.5) is 5.13 Å². The second-order valence-corrected chi connectivity index (χ2v) is 8.95. The van der Waals surface area contributed by atoms with E-state index < -0.39 is 5.91 Å². The molecular weight excluding hydrogens is 466 g/mol. The Morgan fingerprint density at radius 3 is 2.47 bits per heavy atom. The van der Waals surface area contributed by atoms with Crippen LogP contribution >= 0.6 is 22.9 Å². The van der Waals surface area contributed by atoms with E-state index in [1.807, 2.05) is 72.8 Å². The number of rotatable bonds is 8. The first-order valence-electron chi connectivity index (χ1n) is 10.5. The lowest BCUT2D eigenvalue weighted by molar-refractivity contribution is -0.112. The summed E-state index contributed by atoms with van der Waals surface area (Å²) in [6.07, 6.45) is 3.95. The highest BCUT2D eigenvalue weighted by Gasteiger charge is 2.12. The van der Waals surface area contributed by atoms with E-state index in [9.17, 15) is 10.1 Å². The van der Waals surface area contributed by atoms with Gasteiger partial charge in [0.2, 0.25) is 0 Å². The molecule has 0 bridgehead atoms. The lowest BCUT2D eigenvalue weighted by atomic mass is 10.1. The van der Waals surface area contributed by atoms with Crippen molar-refractivity contribution in [3.05, 3.63) is 117 Å². The van der Waals surface area contributed by atoms with Gasteiger partial charge in [-0.2, -0.15) is 5.26 Å². The number of thiazole rings is 1. The number of anilines is 1. The monoisotopic (exact) mass is 485 g/mol. The maximum atomic E-state index is 12.6. The SMILES string of the molecule is N#C/C(=C\c1ccc(OCc2ccccc2)cc1)C(=O)Nc1ncc(Cc2ccc(Cl)cc2)s1. The van der Waals surface area contributed by atoms with Gasteiger partial charge in [0.05, 0.1) is 0 Å². The third-order valence-corrected chi connectivity index (χ3v) is 6.03. The summed E-state index contributed by atoms with van der Waals surface area (Å²) in [4.78, 5) is 17.9. The molecule has 1 aromatic heterocycles. The largest absolute Gasteiger partial charge is 0.489 e. The molecule has 0 radical (unpaired) electrons. The van der Waals surface area contributed by atoms with Crippen LogP contribution in [-0.2, 0) is 17.8 Å². The number of halogens is 1. The van der Waals surface area contributed by atoms with E-state index in [2.05, 4.69) is 10.3 Å². The van der Waals surface area contributed by atoms with Gasteiger partial charge in [-0.25, -0.2) is 4.98 Å². The molecule has 0 unspecified atom stereocenters. The summed E-state index contributed by atoms with van der Waals surface area (Å²) in [5.74, 6) is 0.208. The van der Waals surface area contributed by atoms with Gasteiger partial charge in [0.25, 0.3) is 5.91 Å². The lowest BCUT2D eigenvalue weighted by Crippen LogP contribution is -2.13. The van der Waals surface area contributed by atoms with E-state index in [4.69, 9.17) is 16.3 Å². The molecule has 0 aliphatic heterocycles. The van der Waals surface area contributed by atoms with E-state index in [1.165, 1.54) is 11.3 Å². The first kappa shape index (κ1) is 23.2. The van der Waals surface area contributed by atoms with Crippen molar-refractivity contribution < 1.29 is 9.53 Å². The van der Waals surface area contributed by atoms with E-state index in [-0.39, 0.29) is 5.57 Å². The van der Waals surface area contributed by atoms with Gasteiger partial charge in [0, 0.05) is 22.5 Å². The van der Waals surface area contributed by atoms with E-state index >= 15 is 0 Å². The molecule has 5 nitrogen and oxygen atoms in total. The van der Waals surface area contributed by atoms with Gasteiger partial charge in [-0.3, -0.25) is 10.1 Å². The fraction of sp³-hybridized carbons (Fsp3) is 0.0741. The molecule has 0 aliphatic rings. The third kappa shape index (κ3) is 6.55. The number of carbonyl (C=O) groups excluding carboxylic acids is 1. The van der Waals surface area contributed by atoms with Crippen LogP contribution in [0.15, 0.2) is 90.6 Å². The molecule has 1 amide bonds. The zero-order chi connectivity index (χ0) is 23.8. The number of nitrogens with one attached hydrogen (secondary N) is 1. The average molecular weight is 486 g/mol. The summed E-state index contributed by atoms with van der Waals surface area (Å²) in [5, 5.41) is 13.3. The van der Waals surface area contributed by atoms with Crippen LogP contribution in [-0.4, -0.2) is 10.9 Å². The normalized spacial score (nSPS) is 11.0. The Bertz CT molecular complexity index is 1330. The Balaban J connectivity index is 1.35. The van der Waals surface area contributed by atoms with Crippen LogP contribution in [0, 0.1) is 11.3 Å². The van der Waals surface area contributed by atoms with Crippen molar-refractivity contribution in [2.75, 3.05) is 5.32 Å². The number of benzene rings is 3. The van der Waals surface area contributed by atoms with Gasteiger partial charge in [-0.05, 0) is 47.0 Å². The van der Waals surface area contributed by atoms with Gasteiger partial charge in [-0.1, -0.05) is 66.2 Å². The molecule has 0 spiro atoms. The molecule has 168 valence electrons. The lowest BCUT2D eigenvalue weighted by Gasteiger charge is -2.06. The molecule has 0 saturated carbocycles. The molecule has 0 atom stereocenters. The van der Waals surface area contributed by atoms with E-state index in [1.54, 1.807) is 24.4 Å². The quantitative estimate of drug-likeness (QED) is 0.228. The molecular formula is C27H20ClN3O2S. The number of hydrogen-bond acceptors (Lipinski definition) is 5. The predicted molar refractivity (Wildman–Crippen MR) is 136 cm³/mol. The van der Waals surface area contributed by atoms with Crippen molar-refractivity contribution >= 4 is 40.1 Å². The van der Waals surface area contributed by atoms with Crippen molar-refractivity contribution in [3.8, 4) is 11.8 Å². The Labute approximate surface area is 206 Å². The summed E-state index contributed by atoms with van der Waals surface area (Å²) in [5.41, 5.74) is 2.89. The second-order valence-electron chi connectivity index (χ2n) is 7.40. The number of amides is 1. The number of ether oxygens (including phenoxy) is 1. The molecule has 0 aliphatic carbocycles. The zero-order valence-electron chi connectivity index (χ0n) is 18.1. The fourth-order valence-electron chi connectivity index (χ4n) is 3.13. The van der Waals surface area contributed by atoms with Gasteiger partial charge in [-0.15, -0.1) is 11.3 Å². The molecule has 4 aromatic rings. The predicted octanol–water partition coefficient (Wildman–Crippen LogP) is 6.51. The van der Waals surface area contributed by atoms with Crippen LogP contribution < -0.4 is 10.1 Å². The molecule has 1 heterocycles. The number of nitriles is 1. The first-order chi connectivity index (χ1) is 16.6. The Hall–Kier alpha value is -3.92. The van der Waals surface area contributed by atoms with Crippen molar-refractivity contribution in [2.45, 2.75) is 13.0 Å². The van der Waals surface area contributed by atoms with Crippen LogP contribution in [0.2, 0.25) is 5.02 Å². The van der Waals surface area contributed by atoms with E-state index in [0.29, 0.717) is 28.9 Å². The highest BCUT2D eigenvalue weighted by Crippen LogP contribution is 2.23. The van der Waals surface area contributed by atoms with Gasteiger partial charge >= 0.3 is 0 Å². The highest BCUT2D eigenvalue weighted by molar-refractivity contribution is 7.15. The first-order valence-corrected chi connectivity index (χ1v) is 11.7. The molecule has 1 N–H and O–H groups in total. The minimum absolute atomic E-state index is 0.00703. The minimum Gasteiger partial charge on any atom is -0.489 e. The maximum absolute atomic E-state index is 12.6. The summed E-state index contributed by atoms with van der Waals surface area (Å²) in [6.45, 7) is 0.468. The zero-order valence-corrected chi connectivity index (χ0v) is 19.6. The molecule has 4 rings (SSSR count). The standard InChI is InChI=1S/C27H20ClN3O2S/c28-23-10-6-20(7-11-23)15-25-17-30-27(34-25)31-26(32)22(16-29)14-19-8-12-24(13-9-19)33-18-21-4-2-1-3-5-21/h1-14,17H,15,18H2,(H,30,31,32)/b22-14+. The van der Waals surface area contributed by atoms with Crippen LogP contribution in [0.5, 0.6) is 5.75 Å². The van der Waals surface area contributed by atoms with E-state index in [0.717, 1.165) is 21.6 Å². The van der Waals surface area contributed by atoms with Gasteiger partial charge < -0.3 is 4.74 Å². The number of aromatic nitrogens is 1. The summed E-state index contributed by atoms with van der Waals surface area (Å²) in [7, 11) is 0. The van der Waals surface area contributed by atoms with Crippen molar-refractivity contribution in [1.29, 1.82) is 5.26 Å². The van der Waals surface area contributed by atoms with Crippen molar-refractivity contribution in [2.24, 2.45) is 0 Å². The van der Waals surface area contributed by atoms with Gasteiger partial charge in [0.1, 0.15) is 24.0 Å². The summed E-state index contributed by atoms with van der Waals surface area (Å²) >= 11 is 7.30. The molecule has 7 heteroatoms. The van der Waals surface area contributed by atoms with Crippen LogP contribution in [0.1, 0.15) is 21.6 Å². The van der Waals surface area contributed by atoms with Gasteiger partial charge in [0.15, 0.2) is 5.13 Å². The molecule has 0 saturated heterocycles. The topological polar surface area (TPSA) is 75.0 Å². The van der Waals surface area contributed by atoms with Crippen molar-refractivity contribution in [3.63, 3.8) is 0 Å². The smallest absolute Gasteiger partial charge is 0.268 e. The molecule has 34 heavy (non-hydrogen) atoms. The summed E-state index contributed by atoms with van der Waals surface area (Å²) in [6, 6.07) is 26.7. The van der Waals surface area contributed by atoms with Crippen LogP contribution in [0.3, 0.4) is 0 Å². The van der Waals surface area contributed by atoms with Crippen LogP contribution in [0.25, 0.3) is 6.08 Å². The minimum atomic E-state index is -0.501. The second kappa shape index (κ2) is 11.3. The molecule has 3 aromatic carbocycles. The number of hydrogen-bond donors (Lipinski definition) is 1. The number of nitrogens with zero attached hydrogens (tertiary/aromatic N) is 2. The Morgan fingerprint density at radius 2 is 1.76 bits per heavy atom. The Kier molecular flexibility index (Phi) is 7.71. The highest BCUT2D eigenvalue weighted by atomic mass is 35.5. The maximum Gasteiger partial charge on any atom is 0.268 e. The fourth-order valence-corrected chi connectivity index (χ4v) is 4.10. The third-order valence-electron chi connectivity index (χ3n) is 4.87.